The Hall–Kier alpha value is -5.43. The first-order valence-corrected chi connectivity index (χ1v) is 11.5. The average Bonchev–Trinajstić information content (AvgIpc) is 3.56. The van der Waals surface area contributed by atoms with Crippen molar-refractivity contribution < 1.29 is 0 Å². The molecule has 178 valence electrons. The molecule has 4 aromatic heterocycles. The number of fused-ring (bicyclic) bond motifs is 1. The quantitative estimate of drug-likeness (QED) is 0.391. The van der Waals surface area contributed by atoms with E-state index < -0.39 is 0 Å². The lowest BCUT2D eigenvalue weighted by Gasteiger charge is -2.11. The van der Waals surface area contributed by atoms with Crippen LogP contribution in [-0.4, -0.2) is 39.3 Å². The molecule has 0 atom stereocenters. The van der Waals surface area contributed by atoms with Crippen LogP contribution in [0.4, 0.5) is 5.82 Å². The highest BCUT2D eigenvalue weighted by Crippen LogP contribution is 2.32. The summed E-state index contributed by atoms with van der Waals surface area (Å²) < 4.78 is 3.46. The molecule has 0 aliphatic rings. The number of nitrogen functional groups attached to an aromatic ring is 1. The number of nitrogens with two attached hydrogens (primary N) is 1. The van der Waals surface area contributed by atoms with Gasteiger partial charge in [-0.05, 0) is 29.3 Å². The van der Waals surface area contributed by atoms with Gasteiger partial charge in [0.1, 0.15) is 17.7 Å². The molecule has 0 radical (unpaired) electrons. The van der Waals surface area contributed by atoms with Crippen LogP contribution in [0.1, 0.15) is 17.0 Å². The summed E-state index contributed by atoms with van der Waals surface area (Å²) in [5, 5.41) is 18.6. The van der Waals surface area contributed by atoms with E-state index in [0.717, 1.165) is 22.3 Å². The van der Waals surface area contributed by atoms with Gasteiger partial charge in [0.2, 0.25) is 0 Å². The van der Waals surface area contributed by atoms with E-state index in [2.05, 4.69) is 38.3 Å². The molecule has 0 saturated heterocycles. The van der Waals surface area contributed by atoms with Crippen LogP contribution in [0, 0.1) is 11.3 Å². The molecule has 0 saturated carbocycles. The second kappa shape index (κ2) is 8.98. The van der Waals surface area contributed by atoms with Gasteiger partial charge < -0.3 is 5.73 Å². The first kappa shape index (κ1) is 22.1. The van der Waals surface area contributed by atoms with Crippen molar-refractivity contribution in [2.45, 2.75) is 6.42 Å². The van der Waals surface area contributed by atoms with Gasteiger partial charge in [-0.3, -0.25) is 4.68 Å². The molecule has 10 nitrogen and oxygen atoms in total. The summed E-state index contributed by atoms with van der Waals surface area (Å²) in [6, 6.07) is 19.3. The molecule has 0 unspecified atom stereocenters. The highest BCUT2D eigenvalue weighted by molar-refractivity contribution is 5.81. The second-order valence-corrected chi connectivity index (χ2v) is 8.48. The van der Waals surface area contributed by atoms with Crippen LogP contribution in [0.3, 0.4) is 0 Å². The lowest BCUT2D eigenvalue weighted by atomic mass is 10.00. The van der Waals surface area contributed by atoms with E-state index in [4.69, 9.17) is 15.8 Å². The number of benzene rings is 2. The highest BCUT2D eigenvalue weighted by Gasteiger charge is 2.21. The molecule has 6 aromatic rings. The van der Waals surface area contributed by atoms with Gasteiger partial charge >= 0.3 is 0 Å². The van der Waals surface area contributed by atoms with Crippen LogP contribution in [0.25, 0.3) is 39.4 Å². The summed E-state index contributed by atoms with van der Waals surface area (Å²) in [5.74, 6) is 0.817. The summed E-state index contributed by atoms with van der Waals surface area (Å²) in [4.78, 5) is 17.9. The van der Waals surface area contributed by atoms with Gasteiger partial charge in [-0.2, -0.15) is 15.5 Å². The van der Waals surface area contributed by atoms with E-state index in [0.29, 0.717) is 40.5 Å². The van der Waals surface area contributed by atoms with Crippen LogP contribution >= 0.6 is 0 Å². The van der Waals surface area contributed by atoms with Crippen LogP contribution < -0.4 is 5.73 Å². The third kappa shape index (κ3) is 4.04. The van der Waals surface area contributed by atoms with Crippen molar-refractivity contribution in [3.63, 3.8) is 0 Å². The van der Waals surface area contributed by atoms with Crippen LogP contribution in [0.2, 0.25) is 0 Å². The Balaban J connectivity index is 1.53. The predicted molar refractivity (Wildman–Crippen MR) is 138 cm³/mol. The van der Waals surface area contributed by atoms with Crippen LogP contribution in [0.5, 0.6) is 0 Å². The van der Waals surface area contributed by atoms with E-state index >= 15 is 0 Å². The first-order chi connectivity index (χ1) is 18.1. The zero-order valence-electron chi connectivity index (χ0n) is 19.8. The average molecular weight is 485 g/mol. The van der Waals surface area contributed by atoms with Gasteiger partial charge in [-0.1, -0.05) is 36.4 Å². The van der Waals surface area contributed by atoms with E-state index in [1.54, 1.807) is 33.6 Å². The summed E-state index contributed by atoms with van der Waals surface area (Å²) in [6.45, 7) is 0. The molecule has 37 heavy (non-hydrogen) atoms. The number of aromatic nitrogens is 8. The van der Waals surface area contributed by atoms with Crippen molar-refractivity contribution in [2.75, 3.05) is 5.73 Å². The predicted octanol–water partition coefficient (Wildman–Crippen LogP) is 3.69. The second-order valence-electron chi connectivity index (χ2n) is 8.48. The number of nitriles is 1. The Morgan fingerprint density at radius 1 is 1.03 bits per heavy atom. The van der Waals surface area contributed by atoms with E-state index in [-0.39, 0.29) is 5.82 Å². The smallest absolute Gasteiger partial charge is 0.198 e. The molecule has 0 bridgehead atoms. The fourth-order valence-electron chi connectivity index (χ4n) is 4.36. The molecule has 0 fully saturated rings. The van der Waals surface area contributed by atoms with Crippen LogP contribution in [0.15, 0.2) is 79.5 Å². The van der Waals surface area contributed by atoms with Gasteiger partial charge in [0.25, 0.3) is 0 Å². The van der Waals surface area contributed by atoms with Crippen molar-refractivity contribution in [1.82, 2.24) is 39.3 Å². The Morgan fingerprint density at radius 3 is 2.70 bits per heavy atom. The summed E-state index contributed by atoms with van der Waals surface area (Å²) >= 11 is 0. The topological polar surface area (TPSA) is 136 Å². The van der Waals surface area contributed by atoms with Gasteiger partial charge in [-0.25, -0.2) is 24.5 Å². The maximum Gasteiger partial charge on any atom is 0.198 e. The minimum Gasteiger partial charge on any atom is -0.381 e. The zero-order valence-corrected chi connectivity index (χ0v) is 19.8. The van der Waals surface area contributed by atoms with Crippen LogP contribution in [-0.2, 0) is 13.5 Å². The van der Waals surface area contributed by atoms with Gasteiger partial charge in [0, 0.05) is 37.0 Å². The lowest BCUT2D eigenvalue weighted by Crippen LogP contribution is -2.06. The number of hydrogen-bond donors (Lipinski definition) is 1. The Bertz CT molecular complexity index is 1790. The SMILES string of the molecule is Cn1cc(-c2ccccc2Cc2nc3c(N)nc(-c4cccc(C#N)c4)c(-c4ccncn4)n3n2)cn1. The lowest BCUT2D eigenvalue weighted by molar-refractivity contribution is 0.768. The van der Waals surface area contributed by atoms with Crippen molar-refractivity contribution in [3.8, 4) is 39.8 Å². The van der Waals surface area contributed by atoms with Crippen molar-refractivity contribution in [1.29, 1.82) is 5.26 Å². The standard InChI is InChI=1S/C27H20N10/c1-36-15-20(14-32-36)21-8-3-2-6-18(21)12-23-33-27-26(29)34-24(19-7-4-5-17(11-19)13-28)25(37(27)35-23)22-9-10-30-16-31-22/h2-11,14-16H,12H2,1H3,(H2,29,34). The maximum absolute atomic E-state index is 9.42. The molecule has 0 amide bonds. The van der Waals surface area contributed by atoms with E-state index in [1.807, 2.05) is 43.7 Å². The Kier molecular flexibility index (Phi) is 5.35. The number of aryl methyl sites for hydroxylation is 1. The fraction of sp³-hybridized carbons (Fsp3) is 0.0741. The largest absolute Gasteiger partial charge is 0.381 e. The number of anilines is 1. The number of hydrogen-bond acceptors (Lipinski definition) is 8. The van der Waals surface area contributed by atoms with Crippen molar-refractivity contribution in [2.24, 2.45) is 7.05 Å². The molecular weight excluding hydrogens is 464 g/mol. The number of nitrogens with zero attached hydrogens (tertiary/aromatic N) is 9. The molecule has 0 aliphatic carbocycles. The van der Waals surface area contributed by atoms with E-state index in [9.17, 15) is 5.26 Å². The van der Waals surface area contributed by atoms with Crippen molar-refractivity contribution >= 4 is 11.5 Å². The minimum absolute atomic E-state index is 0.231. The molecule has 0 spiro atoms. The Morgan fingerprint density at radius 2 is 1.92 bits per heavy atom. The summed E-state index contributed by atoms with van der Waals surface area (Å²) in [5.41, 5.74) is 13.0. The van der Waals surface area contributed by atoms with Gasteiger partial charge in [-0.15, -0.1) is 0 Å². The molecule has 6 rings (SSSR count). The zero-order chi connectivity index (χ0) is 25.4. The number of rotatable bonds is 5. The molecule has 10 heteroatoms. The molecule has 2 N–H and O–H groups in total. The Labute approximate surface area is 211 Å². The fourth-order valence-corrected chi connectivity index (χ4v) is 4.36. The monoisotopic (exact) mass is 484 g/mol. The first-order valence-electron chi connectivity index (χ1n) is 11.5. The van der Waals surface area contributed by atoms with E-state index in [1.165, 1.54) is 6.33 Å². The third-order valence-electron chi connectivity index (χ3n) is 6.02. The van der Waals surface area contributed by atoms with Crippen molar-refractivity contribution in [3.05, 3.63) is 96.5 Å². The molecule has 0 aliphatic heterocycles. The minimum atomic E-state index is 0.231. The van der Waals surface area contributed by atoms with Gasteiger partial charge in [0.05, 0.1) is 23.5 Å². The molecular formula is C27H20N10. The molecule has 2 aromatic carbocycles. The summed E-state index contributed by atoms with van der Waals surface area (Å²) in [6.07, 6.45) is 7.42. The molecule has 4 heterocycles. The van der Waals surface area contributed by atoms with Gasteiger partial charge in [0.15, 0.2) is 17.3 Å². The summed E-state index contributed by atoms with van der Waals surface area (Å²) in [7, 11) is 1.89. The highest BCUT2D eigenvalue weighted by atomic mass is 15.3. The normalized spacial score (nSPS) is 11.0. The maximum atomic E-state index is 9.42. The third-order valence-corrected chi connectivity index (χ3v) is 6.02.